The third kappa shape index (κ3) is 11.6. The predicted molar refractivity (Wildman–Crippen MR) is 49.3 cm³/mol. The van der Waals surface area contributed by atoms with Crippen LogP contribution in [0.5, 0.6) is 0 Å². The van der Waals surface area contributed by atoms with Gasteiger partial charge in [0.1, 0.15) is 5.60 Å². The molecule has 0 N–H and O–H groups in total. The first-order valence-electron chi connectivity index (χ1n) is 3.97. The van der Waals surface area contributed by atoms with E-state index < -0.39 is 11.7 Å². The van der Waals surface area contributed by atoms with E-state index in [0.717, 1.165) is 0 Å². The van der Waals surface area contributed by atoms with E-state index in [-0.39, 0.29) is 19.5 Å². The summed E-state index contributed by atoms with van der Waals surface area (Å²) in [6.07, 6.45) is 1.93. The van der Waals surface area contributed by atoms with Crippen molar-refractivity contribution in [1.82, 2.24) is 0 Å². The van der Waals surface area contributed by atoms with Crippen molar-refractivity contribution in [1.29, 1.82) is 0 Å². The summed E-state index contributed by atoms with van der Waals surface area (Å²) in [6, 6.07) is 0. The molecule has 0 unspecified atom stereocenters. The number of hydrogen-bond acceptors (Lipinski definition) is 2. The number of nitrogens with zero attached hydrogens (tertiary/aromatic N) is 1. The monoisotopic (exact) mass is 272 g/mol. The van der Waals surface area contributed by atoms with Gasteiger partial charge in [-0.05, 0) is 20.8 Å². The van der Waals surface area contributed by atoms with Crippen LogP contribution in [0.25, 0.3) is 5.32 Å². The van der Waals surface area contributed by atoms with E-state index in [1.807, 2.05) is 20.8 Å². The van der Waals surface area contributed by atoms with Crippen LogP contribution in [0.2, 0.25) is 0 Å². The molecule has 0 aromatic rings. The predicted octanol–water partition coefficient (Wildman–Crippen LogP) is 2.87. The fourth-order valence-corrected chi connectivity index (χ4v) is 0.541. The molecule has 0 aliphatic carbocycles. The van der Waals surface area contributed by atoms with E-state index in [4.69, 9.17) is 4.74 Å². The molecule has 0 aliphatic rings. The van der Waals surface area contributed by atoms with Gasteiger partial charge >= 0.3 is 19.5 Å². The van der Waals surface area contributed by atoms with E-state index in [1.54, 1.807) is 6.08 Å². The van der Waals surface area contributed by atoms with Crippen LogP contribution in [0.3, 0.4) is 0 Å². The van der Waals surface area contributed by atoms with Gasteiger partial charge in [0.05, 0.1) is 0 Å². The van der Waals surface area contributed by atoms with Crippen molar-refractivity contribution < 1.29 is 29.0 Å². The summed E-state index contributed by atoms with van der Waals surface area (Å²) < 4.78 is 4.94. The SMILES string of the molecule is C=CCC[N-]C(=O)OC(C)(C)C.[Ru+]. The number of carbonyl (C=O) groups excluding carboxylic acids is 1. The second kappa shape index (κ2) is 7.08. The van der Waals surface area contributed by atoms with Crippen molar-refractivity contribution in [3.63, 3.8) is 0 Å². The number of hydrogen-bond donors (Lipinski definition) is 0. The van der Waals surface area contributed by atoms with Crippen molar-refractivity contribution in [3.05, 3.63) is 18.0 Å². The third-order valence-corrected chi connectivity index (χ3v) is 0.968. The second-order valence-electron chi connectivity index (χ2n) is 3.44. The first kappa shape index (κ1) is 15.1. The van der Waals surface area contributed by atoms with Crippen molar-refractivity contribution in [2.45, 2.75) is 32.8 Å². The van der Waals surface area contributed by atoms with Crippen LogP contribution in [-0.4, -0.2) is 18.2 Å². The number of amides is 1. The average Bonchev–Trinajstić information content (AvgIpc) is 1.84. The van der Waals surface area contributed by atoms with Crippen molar-refractivity contribution in [3.8, 4) is 0 Å². The Morgan fingerprint density at radius 3 is 2.46 bits per heavy atom. The van der Waals surface area contributed by atoms with Gasteiger partial charge in [-0.1, -0.05) is 12.5 Å². The van der Waals surface area contributed by atoms with Crippen LogP contribution in [0.1, 0.15) is 27.2 Å². The van der Waals surface area contributed by atoms with E-state index in [0.29, 0.717) is 13.0 Å². The largest absolute Gasteiger partial charge is 1.00 e. The third-order valence-electron chi connectivity index (χ3n) is 0.968. The van der Waals surface area contributed by atoms with E-state index >= 15 is 0 Å². The van der Waals surface area contributed by atoms with Gasteiger partial charge in [-0.2, -0.15) is 0 Å². The molecule has 77 valence electrons. The first-order chi connectivity index (χ1) is 5.45. The van der Waals surface area contributed by atoms with E-state index in [2.05, 4.69) is 11.9 Å². The molecule has 0 bridgehead atoms. The fraction of sp³-hybridized carbons (Fsp3) is 0.667. The van der Waals surface area contributed by atoms with E-state index in [9.17, 15) is 4.79 Å². The van der Waals surface area contributed by atoms with Gasteiger partial charge in [-0.25, -0.2) is 0 Å². The van der Waals surface area contributed by atoms with Crippen LogP contribution in [0.4, 0.5) is 4.79 Å². The normalized spacial score (nSPS) is 9.77. The van der Waals surface area contributed by atoms with Crippen molar-refractivity contribution in [2.75, 3.05) is 6.54 Å². The Morgan fingerprint density at radius 2 is 2.08 bits per heavy atom. The zero-order chi connectivity index (χ0) is 9.61. The molecule has 1 radical (unpaired) electrons. The Kier molecular flexibility index (Phi) is 8.23. The van der Waals surface area contributed by atoms with Gasteiger partial charge < -0.3 is 10.1 Å². The van der Waals surface area contributed by atoms with Crippen LogP contribution < -0.4 is 0 Å². The quantitative estimate of drug-likeness (QED) is 0.450. The Morgan fingerprint density at radius 1 is 1.54 bits per heavy atom. The Balaban J connectivity index is 0. The summed E-state index contributed by atoms with van der Waals surface area (Å²) in [6.45, 7) is 9.42. The topological polar surface area (TPSA) is 40.4 Å². The minimum absolute atomic E-state index is 0. The van der Waals surface area contributed by atoms with Crippen LogP contribution in [0.15, 0.2) is 12.7 Å². The van der Waals surface area contributed by atoms with Crippen LogP contribution in [-0.2, 0) is 24.2 Å². The minimum atomic E-state index is -0.496. The summed E-state index contributed by atoms with van der Waals surface area (Å²) in [5.74, 6) is 0. The van der Waals surface area contributed by atoms with Gasteiger partial charge in [0.2, 0.25) is 6.09 Å². The maximum atomic E-state index is 10.9. The molecule has 4 heteroatoms. The molecule has 13 heavy (non-hydrogen) atoms. The molecule has 0 rings (SSSR count). The summed E-state index contributed by atoms with van der Waals surface area (Å²) >= 11 is 0. The molecule has 0 fully saturated rings. The zero-order valence-corrected chi connectivity index (χ0v) is 10.1. The average molecular weight is 271 g/mol. The fourth-order valence-electron chi connectivity index (χ4n) is 0.541. The standard InChI is InChI=1S/C9H17NO2.Ru/c1-5-6-7-10-8(11)12-9(2,3)4;/h5H,1,6-7H2,2-4H3,(H,10,11);/q;+1/p-1. The summed E-state index contributed by atoms with van der Waals surface area (Å²) in [7, 11) is 0. The number of carbonyl (C=O) groups is 1. The number of rotatable bonds is 3. The number of ether oxygens (including phenoxy) is 1. The maximum Gasteiger partial charge on any atom is 1.00 e. The zero-order valence-electron chi connectivity index (χ0n) is 8.32. The Labute approximate surface area is 92.7 Å². The molecular formula is C9H16NO2Ru. The summed E-state index contributed by atoms with van der Waals surface area (Å²) in [5.41, 5.74) is -0.450. The maximum absolute atomic E-state index is 10.9. The van der Waals surface area contributed by atoms with Crippen LogP contribution in [0, 0.1) is 0 Å². The molecule has 0 aromatic carbocycles. The van der Waals surface area contributed by atoms with Crippen LogP contribution >= 0.6 is 0 Å². The molecule has 0 aromatic heterocycles. The van der Waals surface area contributed by atoms with Gasteiger partial charge in [-0.3, -0.25) is 4.79 Å². The van der Waals surface area contributed by atoms with Crippen molar-refractivity contribution in [2.24, 2.45) is 0 Å². The molecule has 3 nitrogen and oxygen atoms in total. The smallest absolute Gasteiger partial charge is 0.617 e. The second-order valence-corrected chi connectivity index (χ2v) is 3.44. The first-order valence-corrected chi connectivity index (χ1v) is 3.97. The Hall–Kier alpha value is -0.367. The molecule has 0 atom stereocenters. The van der Waals surface area contributed by atoms with Gasteiger partial charge in [0, 0.05) is 0 Å². The van der Waals surface area contributed by atoms with Gasteiger partial charge in [0.25, 0.3) is 0 Å². The minimum Gasteiger partial charge on any atom is -0.617 e. The molecule has 0 saturated carbocycles. The van der Waals surface area contributed by atoms with Gasteiger partial charge in [-0.15, -0.1) is 13.1 Å². The van der Waals surface area contributed by atoms with Gasteiger partial charge in [0.15, 0.2) is 0 Å². The Bertz CT molecular complexity index is 163. The molecular weight excluding hydrogens is 255 g/mol. The molecule has 0 saturated heterocycles. The van der Waals surface area contributed by atoms with E-state index in [1.165, 1.54) is 0 Å². The summed E-state index contributed by atoms with van der Waals surface area (Å²) in [5, 5.41) is 3.67. The summed E-state index contributed by atoms with van der Waals surface area (Å²) in [4.78, 5) is 10.9. The van der Waals surface area contributed by atoms with Crippen molar-refractivity contribution >= 4 is 6.09 Å². The molecule has 0 heterocycles. The molecule has 0 aliphatic heterocycles. The molecule has 1 amide bonds. The molecule has 0 spiro atoms.